The molecule has 2 aliphatic heterocycles. The molecule has 2 atom stereocenters. The first-order valence-electron chi connectivity index (χ1n) is 10.4. The summed E-state index contributed by atoms with van der Waals surface area (Å²) >= 11 is 12.8. The highest BCUT2D eigenvalue weighted by Gasteiger charge is 2.28. The summed E-state index contributed by atoms with van der Waals surface area (Å²) in [7, 11) is 0. The van der Waals surface area contributed by atoms with Gasteiger partial charge in [-0.2, -0.15) is 0 Å². The normalized spacial score (nSPS) is 20.6. The molecule has 4 heteroatoms. The number of allylic oxidation sites excluding steroid dienone is 2. The van der Waals surface area contributed by atoms with Crippen molar-refractivity contribution in [2.24, 2.45) is 4.99 Å². The van der Waals surface area contributed by atoms with E-state index in [0.29, 0.717) is 10.0 Å². The lowest BCUT2D eigenvalue weighted by Crippen LogP contribution is -2.13. The van der Waals surface area contributed by atoms with Gasteiger partial charge in [0.1, 0.15) is 6.04 Å². The van der Waals surface area contributed by atoms with Crippen LogP contribution in [0.5, 0.6) is 0 Å². The summed E-state index contributed by atoms with van der Waals surface area (Å²) in [5.74, 6) is 0. The first-order valence-corrected chi connectivity index (χ1v) is 11.1. The Kier molecular flexibility index (Phi) is 5.21. The SMILES string of the molecule is Cc1ccc(C2N=C(/C=C3/C=CC(c4ccccc4)N3)c3cc(Cl)c(Cl)cc32)c(C)c1. The summed E-state index contributed by atoms with van der Waals surface area (Å²) in [4.78, 5) is 5.11. The van der Waals surface area contributed by atoms with Crippen LogP contribution < -0.4 is 5.32 Å². The van der Waals surface area contributed by atoms with E-state index in [9.17, 15) is 0 Å². The predicted octanol–water partition coefficient (Wildman–Crippen LogP) is 7.29. The molecule has 0 saturated heterocycles. The van der Waals surface area contributed by atoms with Crippen LogP contribution in [0.2, 0.25) is 10.0 Å². The lowest BCUT2D eigenvalue weighted by atomic mass is 9.93. The number of fused-ring (bicyclic) bond motifs is 1. The van der Waals surface area contributed by atoms with Crippen molar-refractivity contribution in [3.05, 3.63) is 128 Å². The van der Waals surface area contributed by atoms with Crippen LogP contribution in [0.15, 0.2) is 89.6 Å². The van der Waals surface area contributed by atoms with Crippen LogP contribution in [0.1, 0.15) is 45.5 Å². The van der Waals surface area contributed by atoms with Crippen molar-refractivity contribution in [1.82, 2.24) is 5.32 Å². The molecule has 0 radical (unpaired) electrons. The Morgan fingerprint density at radius 3 is 2.45 bits per heavy atom. The van der Waals surface area contributed by atoms with Gasteiger partial charge >= 0.3 is 0 Å². The zero-order valence-electron chi connectivity index (χ0n) is 17.4. The quantitative estimate of drug-likeness (QED) is 0.450. The molecule has 0 aliphatic carbocycles. The van der Waals surface area contributed by atoms with E-state index in [0.717, 1.165) is 22.5 Å². The van der Waals surface area contributed by atoms with Crippen molar-refractivity contribution in [2.45, 2.75) is 25.9 Å². The minimum Gasteiger partial charge on any atom is -0.375 e. The Labute approximate surface area is 192 Å². The minimum absolute atomic E-state index is 0.0903. The second-order valence-corrected chi connectivity index (χ2v) is 8.94. The summed E-state index contributed by atoms with van der Waals surface area (Å²) in [6.07, 6.45) is 6.39. The molecule has 154 valence electrons. The van der Waals surface area contributed by atoms with Crippen LogP contribution in [0.3, 0.4) is 0 Å². The third kappa shape index (κ3) is 3.82. The van der Waals surface area contributed by atoms with Crippen LogP contribution in [-0.2, 0) is 0 Å². The Morgan fingerprint density at radius 1 is 0.903 bits per heavy atom. The first kappa shape index (κ1) is 20.1. The van der Waals surface area contributed by atoms with Gasteiger partial charge < -0.3 is 5.32 Å². The summed E-state index contributed by atoms with van der Waals surface area (Å²) in [5.41, 5.74) is 8.97. The van der Waals surface area contributed by atoms with Gasteiger partial charge in [-0.3, -0.25) is 4.99 Å². The van der Waals surface area contributed by atoms with Crippen molar-refractivity contribution in [3.63, 3.8) is 0 Å². The molecule has 2 unspecified atom stereocenters. The van der Waals surface area contributed by atoms with E-state index in [1.807, 2.05) is 18.2 Å². The van der Waals surface area contributed by atoms with Crippen molar-refractivity contribution in [2.75, 3.05) is 0 Å². The van der Waals surface area contributed by atoms with Gasteiger partial charge in [-0.1, -0.05) is 83.4 Å². The van der Waals surface area contributed by atoms with Gasteiger partial charge in [-0.05, 0) is 60.4 Å². The zero-order chi connectivity index (χ0) is 21.5. The molecule has 31 heavy (non-hydrogen) atoms. The predicted molar refractivity (Wildman–Crippen MR) is 130 cm³/mol. The summed E-state index contributed by atoms with van der Waals surface area (Å²) in [6, 6.07) is 20.9. The van der Waals surface area contributed by atoms with Crippen molar-refractivity contribution in [1.29, 1.82) is 0 Å². The fourth-order valence-electron chi connectivity index (χ4n) is 4.34. The molecule has 2 aliphatic rings. The lowest BCUT2D eigenvalue weighted by Gasteiger charge is -2.14. The van der Waals surface area contributed by atoms with Crippen LogP contribution in [-0.4, -0.2) is 5.71 Å². The van der Waals surface area contributed by atoms with E-state index < -0.39 is 0 Å². The molecule has 2 nitrogen and oxygen atoms in total. The molecular weight excluding hydrogens is 423 g/mol. The number of rotatable bonds is 3. The smallest absolute Gasteiger partial charge is 0.102 e. The Morgan fingerprint density at radius 2 is 1.68 bits per heavy atom. The fraction of sp³-hybridized carbons (Fsp3) is 0.148. The van der Waals surface area contributed by atoms with Crippen LogP contribution in [0.4, 0.5) is 0 Å². The topological polar surface area (TPSA) is 24.4 Å². The van der Waals surface area contributed by atoms with Gasteiger partial charge in [0.2, 0.25) is 0 Å². The lowest BCUT2D eigenvalue weighted by molar-refractivity contribution is 0.764. The van der Waals surface area contributed by atoms with Gasteiger partial charge in [0.05, 0.1) is 21.8 Å². The Hall–Kier alpha value is -2.81. The monoisotopic (exact) mass is 444 g/mol. The standard InChI is InChI=1S/C27H22Cl2N2/c1-16-8-10-20(17(2)12-16)27-22-15-24(29)23(28)14-21(22)26(31-27)13-19-9-11-25(30-19)18-6-4-3-5-7-18/h3-15,25,27,30H,1-2H3/b19-13-. The molecule has 3 aromatic carbocycles. The van der Waals surface area contributed by atoms with Gasteiger partial charge in [-0.25, -0.2) is 0 Å². The number of aliphatic imine (C=N–C) groups is 1. The second-order valence-electron chi connectivity index (χ2n) is 8.12. The molecule has 0 fully saturated rings. The molecule has 1 N–H and O–H groups in total. The Balaban J connectivity index is 1.54. The maximum Gasteiger partial charge on any atom is 0.102 e. The maximum atomic E-state index is 6.39. The number of hydrogen-bond donors (Lipinski definition) is 1. The highest BCUT2D eigenvalue weighted by Crippen LogP contribution is 2.41. The van der Waals surface area contributed by atoms with E-state index in [2.05, 4.69) is 79.9 Å². The van der Waals surface area contributed by atoms with Crippen LogP contribution >= 0.6 is 23.2 Å². The van der Waals surface area contributed by atoms with E-state index in [-0.39, 0.29) is 12.1 Å². The highest BCUT2D eigenvalue weighted by molar-refractivity contribution is 6.42. The average Bonchev–Trinajstić information content (AvgIpc) is 3.35. The molecule has 3 aromatic rings. The molecule has 0 bridgehead atoms. The third-order valence-corrected chi connectivity index (χ3v) is 6.61. The number of nitrogens with zero attached hydrogens (tertiary/aromatic N) is 1. The number of hydrogen-bond acceptors (Lipinski definition) is 2. The molecule has 0 spiro atoms. The molecule has 0 saturated carbocycles. The molecule has 2 heterocycles. The van der Waals surface area contributed by atoms with Crippen LogP contribution in [0, 0.1) is 13.8 Å². The van der Waals surface area contributed by atoms with Gasteiger partial charge in [0, 0.05) is 11.3 Å². The molecule has 0 amide bonds. The van der Waals surface area contributed by atoms with Gasteiger partial charge in [0.25, 0.3) is 0 Å². The van der Waals surface area contributed by atoms with E-state index in [4.69, 9.17) is 28.2 Å². The number of benzene rings is 3. The molecule has 0 aromatic heterocycles. The van der Waals surface area contributed by atoms with Crippen molar-refractivity contribution < 1.29 is 0 Å². The fourth-order valence-corrected chi connectivity index (χ4v) is 4.68. The minimum atomic E-state index is -0.0903. The molecule has 5 rings (SSSR count). The van der Waals surface area contributed by atoms with Gasteiger partial charge in [-0.15, -0.1) is 0 Å². The summed E-state index contributed by atoms with van der Waals surface area (Å²) < 4.78 is 0. The summed E-state index contributed by atoms with van der Waals surface area (Å²) in [6.45, 7) is 4.24. The number of halogens is 2. The number of aryl methyl sites for hydroxylation is 2. The highest BCUT2D eigenvalue weighted by atomic mass is 35.5. The van der Waals surface area contributed by atoms with E-state index >= 15 is 0 Å². The maximum absolute atomic E-state index is 6.39. The number of nitrogens with one attached hydrogen (secondary N) is 1. The van der Waals surface area contributed by atoms with Crippen molar-refractivity contribution >= 4 is 28.9 Å². The van der Waals surface area contributed by atoms with E-state index in [1.165, 1.54) is 22.3 Å². The van der Waals surface area contributed by atoms with Crippen molar-refractivity contribution in [3.8, 4) is 0 Å². The first-order chi connectivity index (χ1) is 15.0. The summed E-state index contributed by atoms with van der Waals surface area (Å²) in [5, 5.41) is 4.68. The third-order valence-electron chi connectivity index (χ3n) is 5.89. The largest absolute Gasteiger partial charge is 0.375 e. The van der Waals surface area contributed by atoms with Gasteiger partial charge in [0.15, 0.2) is 0 Å². The van der Waals surface area contributed by atoms with Crippen LogP contribution in [0.25, 0.3) is 0 Å². The molecular formula is C27H22Cl2N2. The second kappa shape index (κ2) is 8.03. The zero-order valence-corrected chi connectivity index (χ0v) is 18.9. The van der Waals surface area contributed by atoms with E-state index in [1.54, 1.807) is 0 Å². The average molecular weight is 445 g/mol. The Bertz CT molecular complexity index is 1260.